The largest absolute Gasteiger partial charge is 0.271 e. The lowest BCUT2D eigenvalue weighted by molar-refractivity contribution is 0.274. The number of hydrogen-bond acceptors (Lipinski definition) is 2. The summed E-state index contributed by atoms with van der Waals surface area (Å²) >= 11 is 0. The van der Waals surface area contributed by atoms with Crippen LogP contribution in [0, 0.1) is 23.0 Å². The first-order valence-electron chi connectivity index (χ1n) is 7.12. The molecule has 0 bridgehead atoms. The number of hydrazine groups is 1. The van der Waals surface area contributed by atoms with Gasteiger partial charge in [0.1, 0.15) is 0 Å². The van der Waals surface area contributed by atoms with E-state index in [1.54, 1.807) is 6.07 Å². The van der Waals surface area contributed by atoms with Gasteiger partial charge in [-0.1, -0.05) is 39.8 Å². The van der Waals surface area contributed by atoms with Crippen LogP contribution in [0.5, 0.6) is 0 Å². The van der Waals surface area contributed by atoms with Crippen LogP contribution in [0.15, 0.2) is 18.2 Å². The minimum atomic E-state index is -0.805. The summed E-state index contributed by atoms with van der Waals surface area (Å²) in [5.74, 6) is 4.45. The minimum absolute atomic E-state index is 0.0522. The molecule has 1 aromatic carbocycles. The molecule has 0 aliphatic heterocycles. The van der Waals surface area contributed by atoms with E-state index in [9.17, 15) is 8.78 Å². The van der Waals surface area contributed by atoms with Crippen LogP contribution in [0.1, 0.15) is 46.1 Å². The number of rotatable bonds is 6. The van der Waals surface area contributed by atoms with Crippen molar-refractivity contribution in [1.29, 1.82) is 0 Å². The Morgan fingerprint density at radius 1 is 1.25 bits per heavy atom. The second-order valence-corrected chi connectivity index (χ2v) is 6.89. The second kappa shape index (κ2) is 7.14. The number of halogens is 2. The molecule has 0 saturated heterocycles. The van der Waals surface area contributed by atoms with Gasteiger partial charge in [0.2, 0.25) is 0 Å². The first-order valence-corrected chi connectivity index (χ1v) is 7.12. The Balaban J connectivity index is 2.65. The van der Waals surface area contributed by atoms with Gasteiger partial charge in [0, 0.05) is 6.04 Å². The van der Waals surface area contributed by atoms with Crippen LogP contribution in [0.25, 0.3) is 0 Å². The molecular formula is C16H26F2N2. The second-order valence-electron chi connectivity index (χ2n) is 6.89. The van der Waals surface area contributed by atoms with Gasteiger partial charge in [0.05, 0.1) is 0 Å². The Morgan fingerprint density at radius 2 is 1.90 bits per heavy atom. The molecule has 2 atom stereocenters. The topological polar surface area (TPSA) is 38.0 Å². The third-order valence-corrected chi connectivity index (χ3v) is 3.38. The van der Waals surface area contributed by atoms with Crippen molar-refractivity contribution in [3.8, 4) is 0 Å². The first-order chi connectivity index (χ1) is 9.23. The predicted octanol–water partition coefficient (Wildman–Crippen LogP) is 3.80. The average molecular weight is 284 g/mol. The fourth-order valence-electron chi connectivity index (χ4n) is 2.80. The summed E-state index contributed by atoms with van der Waals surface area (Å²) in [6, 6.07) is 4.21. The molecule has 1 rings (SSSR count). The van der Waals surface area contributed by atoms with Gasteiger partial charge in [-0.2, -0.15) is 0 Å². The number of nitrogens with two attached hydrogens (primary N) is 1. The lowest BCUT2D eigenvalue weighted by Crippen LogP contribution is -2.38. The Kier molecular flexibility index (Phi) is 6.08. The van der Waals surface area contributed by atoms with Gasteiger partial charge in [0.15, 0.2) is 11.6 Å². The maximum absolute atomic E-state index is 13.7. The number of hydrogen-bond donors (Lipinski definition) is 2. The predicted molar refractivity (Wildman–Crippen MR) is 79.0 cm³/mol. The molecule has 2 nitrogen and oxygen atoms in total. The zero-order chi connectivity index (χ0) is 15.3. The van der Waals surface area contributed by atoms with Crippen LogP contribution in [0.2, 0.25) is 0 Å². The van der Waals surface area contributed by atoms with E-state index in [-0.39, 0.29) is 11.5 Å². The van der Waals surface area contributed by atoms with Gasteiger partial charge < -0.3 is 0 Å². The van der Waals surface area contributed by atoms with Crippen molar-refractivity contribution in [3.05, 3.63) is 35.4 Å². The molecule has 0 saturated carbocycles. The van der Waals surface area contributed by atoms with Gasteiger partial charge >= 0.3 is 0 Å². The molecule has 0 aromatic heterocycles. The fourth-order valence-corrected chi connectivity index (χ4v) is 2.80. The Bertz CT molecular complexity index is 427. The molecule has 114 valence electrons. The van der Waals surface area contributed by atoms with Gasteiger partial charge in [-0.05, 0) is 42.2 Å². The van der Waals surface area contributed by atoms with E-state index in [1.165, 1.54) is 6.07 Å². The van der Waals surface area contributed by atoms with Gasteiger partial charge in [-0.3, -0.25) is 11.3 Å². The normalized spacial score (nSPS) is 15.2. The van der Waals surface area contributed by atoms with Crippen LogP contribution >= 0.6 is 0 Å². The van der Waals surface area contributed by atoms with Gasteiger partial charge in [-0.25, -0.2) is 8.78 Å². The molecule has 20 heavy (non-hydrogen) atoms. The van der Waals surface area contributed by atoms with Crippen molar-refractivity contribution in [2.75, 3.05) is 0 Å². The third kappa shape index (κ3) is 5.55. The Hall–Kier alpha value is -1.00. The van der Waals surface area contributed by atoms with E-state index >= 15 is 0 Å². The average Bonchev–Trinajstić information content (AvgIpc) is 2.31. The molecule has 0 aliphatic carbocycles. The Morgan fingerprint density at radius 3 is 2.45 bits per heavy atom. The molecule has 0 amide bonds. The summed E-state index contributed by atoms with van der Waals surface area (Å²) in [4.78, 5) is 0. The highest BCUT2D eigenvalue weighted by Gasteiger charge is 2.20. The summed E-state index contributed by atoms with van der Waals surface area (Å²) < 4.78 is 26.9. The maximum Gasteiger partial charge on any atom is 0.162 e. The zero-order valence-electron chi connectivity index (χ0n) is 12.8. The van der Waals surface area contributed by atoms with Crippen molar-refractivity contribution >= 4 is 0 Å². The van der Waals surface area contributed by atoms with Crippen LogP contribution in [-0.2, 0) is 6.42 Å². The SMILES string of the molecule is CC(CC(Cc1cccc(F)c1F)NN)CC(C)(C)C. The molecule has 0 heterocycles. The van der Waals surface area contributed by atoms with Gasteiger partial charge in [0.25, 0.3) is 0 Å². The molecule has 1 aromatic rings. The molecule has 3 N–H and O–H groups in total. The van der Waals surface area contributed by atoms with Crippen molar-refractivity contribution < 1.29 is 8.78 Å². The smallest absolute Gasteiger partial charge is 0.162 e. The molecule has 0 fully saturated rings. The van der Waals surface area contributed by atoms with Crippen LogP contribution in [-0.4, -0.2) is 6.04 Å². The summed E-state index contributed by atoms with van der Waals surface area (Å²) in [6.07, 6.45) is 2.30. The molecule has 0 radical (unpaired) electrons. The van der Waals surface area contributed by atoms with E-state index in [1.807, 2.05) is 0 Å². The van der Waals surface area contributed by atoms with Crippen molar-refractivity contribution in [1.82, 2.24) is 5.43 Å². The van der Waals surface area contributed by atoms with Crippen LogP contribution < -0.4 is 11.3 Å². The van der Waals surface area contributed by atoms with Crippen molar-refractivity contribution in [3.63, 3.8) is 0 Å². The molecule has 2 unspecified atom stereocenters. The quantitative estimate of drug-likeness (QED) is 0.616. The monoisotopic (exact) mass is 284 g/mol. The van der Waals surface area contributed by atoms with Crippen LogP contribution in [0.4, 0.5) is 8.78 Å². The summed E-state index contributed by atoms with van der Waals surface area (Å²) in [5.41, 5.74) is 3.35. The first kappa shape index (κ1) is 17.1. The third-order valence-electron chi connectivity index (χ3n) is 3.38. The van der Waals surface area contributed by atoms with Crippen LogP contribution in [0.3, 0.4) is 0 Å². The van der Waals surface area contributed by atoms with Crippen molar-refractivity contribution in [2.45, 2.75) is 53.0 Å². The van der Waals surface area contributed by atoms with E-state index in [4.69, 9.17) is 5.84 Å². The fraction of sp³-hybridized carbons (Fsp3) is 0.625. The molecular weight excluding hydrogens is 258 g/mol. The zero-order valence-corrected chi connectivity index (χ0v) is 12.8. The number of nitrogens with one attached hydrogen (secondary N) is 1. The van der Waals surface area contributed by atoms with Gasteiger partial charge in [-0.15, -0.1) is 0 Å². The standard InChI is InChI=1S/C16H26F2N2/c1-11(10-16(2,3)4)8-13(20-19)9-12-6-5-7-14(17)15(12)18/h5-7,11,13,20H,8-10,19H2,1-4H3. The summed E-state index contributed by atoms with van der Waals surface area (Å²) in [6.45, 7) is 8.75. The summed E-state index contributed by atoms with van der Waals surface area (Å²) in [5, 5.41) is 0. The maximum atomic E-state index is 13.7. The van der Waals surface area contributed by atoms with E-state index in [0.717, 1.165) is 18.9 Å². The summed E-state index contributed by atoms with van der Waals surface area (Å²) in [7, 11) is 0. The minimum Gasteiger partial charge on any atom is -0.271 e. The van der Waals surface area contributed by atoms with Crippen molar-refractivity contribution in [2.24, 2.45) is 17.2 Å². The highest BCUT2D eigenvalue weighted by molar-refractivity contribution is 5.20. The lowest BCUT2D eigenvalue weighted by Gasteiger charge is -2.26. The number of benzene rings is 1. The van der Waals surface area contributed by atoms with E-state index in [2.05, 4.69) is 33.1 Å². The lowest BCUT2D eigenvalue weighted by atomic mass is 9.82. The van der Waals surface area contributed by atoms with E-state index < -0.39 is 11.6 Å². The molecule has 0 spiro atoms. The highest BCUT2D eigenvalue weighted by atomic mass is 19.2. The van der Waals surface area contributed by atoms with E-state index in [0.29, 0.717) is 17.9 Å². The molecule has 0 aliphatic rings. The highest BCUT2D eigenvalue weighted by Crippen LogP contribution is 2.27. The molecule has 4 heteroatoms. The Labute approximate surface area is 120 Å².